The maximum atomic E-state index is 12.0. The van der Waals surface area contributed by atoms with Gasteiger partial charge in [0.2, 0.25) is 11.9 Å². The third-order valence-electron chi connectivity index (χ3n) is 2.69. The van der Waals surface area contributed by atoms with E-state index < -0.39 is 5.97 Å². The number of hydrogen-bond donors (Lipinski definition) is 2. The third kappa shape index (κ3) is 3.56. The van der Waals surface area contributed by atoms with Gasteiger partial charge in [-0.05, 0) is 24.6 Å². The minimum Gasteiger partial charge on any atom is -0.496 e. The highest BCUT2D eigenvalue weighted by atomic mass is 16.5. The molecule has 1 aromatic carbocycles. The molecule has 0 fully saturated rings. The Hall–Kier alpha value is -2.90. The lowest BCUT2D eigenvalue weighted by atomic mass is 10.1. The van der Waals surface area contributed by atoms with Crippen molar-refractivity contribution >= 4 is 17.9 Å². The van der Waals surface area contributed by atoms with Crippen molar-refractivity contribution in [1.82, 2.24) is 15.0 Å². The first-order chi connectivity index (χ1) is 9.99. The smallest absolute Gasteiger partial charge is 0.338 e. The van der Waals surface area contributed by atoms with E-state index in [9.17, 15) is 4.79 Å². The Labute approximate surface area is 121 Å². The van der Waals surface area contributed by atoms with Crippen molar-refractivity contribution in [1.29, 1.82) is 0 Å². The van der Waals surface area contributed by atoms with E-state index in [2.05, 4.69) is 15.0 Å². The van der Waals surface area contributed by atoms with Crippen LogP contribution in [0.1, 0.15) is 21.7 Å². The number of esters is 1. The number of carbonyl (C=O) groups excluding carboxylic acids is 1. The number of aromatic nitrogens is 3. The first kappa shape index (κ1) is 14.5. The first-order valence-corrected chi connectivity index (χ1v) is 6.07. The van der Waals surface area contributed by atoms with Gasteiger partial charge in [-0.3, -0.25) is 0 Å². The van der Waals surface area contributed by atoms with Gasteiger partial charge < -0.3 is 20.9 Å². The molecule has 0 saturated heterocycles. The van der Waals surface area contributed by atoms with Crippen molar-refractivity contribution < 1.29 is 14.3 Å². The molecule has 0 saturated carbocycles. The number of nitrogens with two attached hydrogens (primary N) is 2. The number of nitrogens with zero attached hydrogens (tertiary/aromatic N) is 3. The number of anilines is 2. The molecule has 0 aliphatic carbocycles. The summed E-state index contributed by atoms with van der Waals surface area (Å²) in [7, 11) is 1.54. The fourth-order valence-electron chi connectivity index (χ4n) is 1.68. The summed E-state index contributed by atoms with van der Waals surface area (Å²) in [6, 6.07) is 5.03. The van der Waals surface area contributed by atoms with Crippen LogP contribution in [-0.2, 0) is 11.3 Å². The Bertz CT molecular complexity index is 655. The molecule has 2 aromatic rings. The minimum atomic E-state index is -0.522. The van der Waals surface area contributed by atoms with E-state index in [1.807, 2.05) is 6.92 Å². The van der Waals surface area contributed by atoms with Crippen molar-refractivity contribution in [2.75, 3.05) is 18.6 Å². The number of methoxy groups -OCH3 is 1. The Kier molecular flexibility index (Phi) is 4.17. The van der Waals surface area contributed by atoms with Crippen LogP contribution in [-0.4, -0.2) is 28.0 Å². The van der Waals surface area contributed by atoms with Crippen LogP contribution in [0.5, 0.6) is 5.75 Å². The van der Waals surface area contributed by atoms with Crippen LogP contribution in [0.15, 0.2) is 18.2 Å². The van der Waals surface area contributed by atoms with Gasteiger partial charge in [-0.2, -0.15) is 15.0 Å². The molecule has 0 aliphatic rings. The maximum Gasteiger partial charge on any atom is 0.338 e. The van der Waals surface area contributed by atoms with Crippen molar-refractivity contribution in [2.45, 2.75) is 13.5 Å². The molecule has 0 amide bonds. The molecule has 1 aromatic heterocycles. The van der Waals surface area contributed by atoms with Gasteiger partial charge in [-0.1, -0.05) is 6.07 Å². The van der Waals surface area contributed by atoms with Crippen LogP contribution in [0.25, 0.3) is 0 Å². The second kappa shape index (κ2) is 6.04. The molecule has 21 heavy (non-hydrogen) atoms. The summed E-state index contributed by atoms with van der Waals surface area (Å²) in [6.07, 6.45) is 0. The summed E-state index contributed by atoms with van der Waals surface area (Å²) in [5, 5.41) is 0. The van der Waals surface area contributed by atoms with Gasteiger partial charge in [0.05, 0.1) is 12.7 Å². The van der Waals surface area contributed by atoms with Crippen molar-refractivity contribution in [3.63, 3.8) is 0 Å². The van der Waals surface area contributed by atoms with Crippen LogP contribution in [0, 0.1) is 6.92 Å². The van der Waals surface area contributed by atoms with Gasteiger partial charge in [0.25, 0.3) is 0 Å². The molecule has 2 rings (SSSR count). The fraction of sp³-hybridized carbons (Fsp3) is 0.231. The molecule has 0 radical (unpaired) electrons. The average molecular weight is 289 g/mol. The van der Waals surface area contributed by atoms with Crippen LogP contribution >= 0.6 is 0 Å². The van der Waals surface area contributed by atoms with Gasteiger partial charge in [-0.15, -0.1) is 0 Å². The SMILES string of the molecule is COc1cc(C(=O)OCc2nc(N)nc(N)n2)ccc1C. The van der Waals surface area contributed by atoms with Gasteiger partial charge in [0.15, 0.2) is 12.4 Å². The molecule has 0 unspecified atom stereocenters. The summed E-state index contributed by atoms with van der Waals surface area (Å²) < 4.78 is 10.3. The Balaban J connectivity index is 2.08. The molecule has 110 valence electrons. The summed E-state index contributed by atoms with van der Waals surface area (Å²) >= 11 is 0. The second-order valence-corrected chi connectivity index (χ2v) is 4.23. The molecule has 4 N–H and O–H groups in total. The van der Waals surface area contributed by atoms with Crippen LogP contribution in [0.4, 0.5) is 11.9 Å². The molecule has 1 heterocycles. The summed E-state index contributed by atoms with van der Waals surface area (Å²) in [4.78, 5) is 23.2. The standard InChI is InChI=1S/C13H15N5O3/c1-7-3-4-8(5-9(7)20-2)11(19)21-6-10-16-12(14)18-13(15)17-10/h3-5H,6H2,1-2H3,(H4,14,15,16,17,18). The predicted molar refractivity (Wildman–Crippen MR) is 75.5 cm³/mol. The molecular weight excluding hydrogens is 274 g/mol. The van der Waals surface area contributed by atoms with E-state index in [1.54, 1.807) is 18.2 Å². The number of hydrogen-bond acceptors (Lipinski definition) is 8. The quantitative estimate of drug-likeness (QED) is 0.788. The summed E-state index contributed by atoms with van der Waals surface area (Å²) in [5.74, 6) is 0.229. The normalized spacial score (nSPS) is 10.2. The van der Waals surface area contributed by atoms with Crippen LogP contribution < -0.4 is 16.2 Å². The zero-order valence-corrected chi connectivity index (χ0v) is 11.7. The highest BCUT2D eigenvalue weighted by molar-refractivity contribution is 5.90. The minimum absolute atomic E-state index is 0.0226. The van der Waals surface area contributed by atoms with Gasteiger partial charge in [0, 0.05) is 0 Å². The molecule has 8 nitrogen and oxygen atoms in total. The van der Waals surface area contributed by atoms with E-state index in [1.165, 1.54) is 7.11 Å². The maximum absolute atomic E-state index is 12.0. The van der Waals surface area contributed by atoms with Crippen LogP contribution in [0.3, 0.4) is 0 Å². The number of rotatable bonds is 4. The Morgan fingerprint density at radius 3 is 2.48 bits per heavy atom. The lowest BCUT2D eigenvalue weighted by Crippen LogP contribution is -2.11. The number of nitrogen functional groups attached to an aromatic ring is 2. The predicted octanol–water partition coefficient (Wildman–Crippen LogP) is 0.710. The van der Waals surface area contributed by atoms with Crippen molar-refractivity contribution in [2.24, 2.45) is 0 Å². The molecule has 0 aliphatic heterocycles. The number of carbonyl (C=O) groups is 1. The van der Waals surface area contributed by atoms with E-state index in [4.69, 9.17) is 20.9 Å². The zero-order valence-electron chi connectivity index (χ0n) is 11.7. The largest absolute Gasteiger partial charge is 0.496 e. The highest BCUT2D eigenvalue weighted by Crippen LogP contribution is 2.19. The molecular formula is C13H15N5O3. The van der Waals surface area contributed by atoms with Gasteiger partial charge >= 0.3 is 5.97 Å². The molecule has 0 atom stereocenters. The molecule has 0 spiro atoms. The second-order valence-electron chi connectivity index (χ2n) is 4.23. The summed E-state index contributed by atoms with van der Waals surface area (Å²) in [6.45, 7) is 1.73. The number of ether oxygens (including phenoxy) is 2. The number of benzene rings is 1. The molecule has 0 bridgehead atoms. The van der Waals surface area contributed by atoms with Gasteiger partial charge in [-0.25, -0.2) is 4.79 Å². The lowest BCUT2D eigenvalue weighted by Gasteiger charge is -2.08. The Morgan fingerprint density at radius 1 is 1.19 bits per heavy atom. The van der Waals surface area contributed by atoms with Gasteiger partial charge in [0.1, 0.15) is 5.75 Å². The highest BCUT2D eigenvalue weighted by Gasteiger charge is 2.11. The summed E-state index contributed by atoms with van der Waals surface area (Å²) in [5.41, 5.74) is 12.2. The van der Waals surface area contributed by atoms with Crippen molar-refractivity contribution in [3.05, 3.63) is 35.2 Å². The van der Waals surface area contributed by atoms with Crippen molar-refractivity contribution in [3.8, 4) is 5.75 Å². The number of aryl methyl sites for hydroxylation is 1. The van der Waals surface area contributed by atoms with Crippen LogP contribution in [0.2, 0.25) is 0 Å². The third-order valence-corrected chi connectivity index (χ3v) is 2.69. The first-order valence-electron chi connectivity index (χ1n) is 6.07. The average Bonchev–Trinajstić information content (AvgIpc) is 2.44. The lowest BCUT2D eigenvalue weighted by molar-refractivity contribution is 0.0462. The van der Waals surface area contributed by atoms with E-state index in [0.717, 1.165) is 5.56 Å². The fourth-order valence-corrected chi connectivity index (χ4v) is 1.68. The van der Waals surface area contributed by atoms with E-state index in [-0.39, 0.29) is 24.3 Å². The monoisotopic (exact) mass is 289 g/mol. The topological polar surface area (TPSA) is 126 Å². The zero-order chi connectivity index (χ0) is 15.4. The Morgan fingerprint density at radius 2 is 1.86 bits per heavy atom. The van der Waals surface area contributed by atoms with E-state index >= 15 is 0 Å². The van der Waals surface area contributed by atoms with E-state index in [0.29, 0.717) is 11.3 Å². The molecule has 8 heteroatoms.